The third-order valence-corrected chi connectivity index (χ3v) is 3.89. The van der Waals surface area contributed by atoms with E-state index in [0.29, 0.717) is 11.1 Å². The van der Waals surface area contributed by atoms with E-state index in [0.717, 1.165) is 16.9 Å². The van der Waals surface area contributed by atoms with Crippen molar-refractivity contribution in [2.75, 3.05) is 7.11 Å². The summed E-state index contributed by atoms with van der Waals surface area (Å²) in [7, 11) is 1.60. The Morgan fingerprint density at radius 1 is 1.21 bits per heavy atom. The van der Waals surface area contributed by atoms with E-state index in [-0.39, 0.29) is 24.4 Å². The van der Waals surface area contributed by atoms with Crippen molar-refractivity contribution in [1.82, 2.24) is 10.6 Å². The highest BCUT2D eigenvalue weighted by atomic mass is 19.1. The van der Waals surface area contributed by atoms with Gasteiger partial charge in [0, 0.05) is 12.1 Å². The number of amides is 2. The summed E-state index contributed by atoms with van der Waals surface area (Å²) in [6, 6.07) is 10.2. The van der Waals surface area contributed by atoms with Gasteiger partial charge in [0.05, 0.1) is 13.2 Å². The zero-order chi connectivity index (χ0) is 17.7. The molecule has 0 aliphatic carbocycles. The lowest BCUT2D eigenvalue weighted by atomic mass is 10.0. The number of carbonyl (C=O) groups excluding carboxylic acids is 1. The van der Waals surface area contributed by atoms with Gasteiger partial charge in [-0.1, -0.05) is 29.8 Å². The maximum Gasteiger partial charge on any atom is 0.315 e. The van der Waals surface area contributed by atoms with Crippen LogP contribution >= 0.6 is 0 Å². The van der Waals surface area contributed by atoms with Gasteiger partial charge in [-0.15, -0.1) is 0 Å². The van der Waals surface area contributed by atoms with E-state index in [1.807, 2.05) is 32.0 Å². The minimum atomic E-state index is -0.313. The molecule has 0 bridgehead atoms. The number of benzene rings is 2. The van der Waals surface area contributed by atoms with Crippen LogP contribution in [0.2, 0.25) is 0 Å². The number of urea groups is 1. The van der Waals surface area contributed by atoms with Crippen LogP contribution in [0.15, 0.2) is 36.4 Å². The smallest absolute Gasteiger partial charge is 0.315 e. The molecule has 128 valence electrons. The number of nitrogens with one attached hydrogen (secondary N) is 2. The standard InChI is InChI=1S/C19H23FN2O2/c1-12-5-8-18(24-4)16(9-12)14(3)22-19(23)21-11-15-7-6-13(2)17(20)10-15/h5-10,14H,11H2,1-4H3,(H2,21,22,23). The van der Waals surface area contributed by atoms with Gasteiger partial charge in [-0.05, 0) is 44.0 Å². The van der Waals surface area contributed by atoms with Crippen molar-refractivity contribution in [3.05, 3.63) is 64.5 Å². The molecule has 0 radical (unpaired) electrons. The first-order valence-corrected chi connectivity index (χ1v) is 7.84. The average Bonchev–Trinajstić information content (AvgIpc) is 2.55. The highest BCUT2D eigenvalue weighted by Gasteiger charge is 2.14. The number of aryl methyl sites for hydroxylation is 2. The lowest BCUT2D eigenvalue weighted by molar-refractivity contribution is 0.237. The van der Waals surface area contributed by atoms with Gasteiger partial charge in [-0.3, -0.25) is 0 Å². The Balaban J connectivity index is 1.96. The fourth-order valence-electron chi connectivity index (χ4n) is 2.45. The van der Waals surface area contributed by atoms with Crippen LogP contribution in [0.3, 0.4) is 0 Å². The van der Waals surface area contributed by atoms with E-state index in [2.05, 4.69) is 10.6 Å². The second kappa shape index (κ2) is 7.81. The van der Waals surface area contributed by atoms with Crippen LogP contribution in [0.5, 0.6) is 5.75 Å². The number of ether oxygens (including phenoxy) is 1. The van der Waals surface area contributed by atoms with Crippen molar-refractivity contribution >= 4 is 6.03 Å². The molecule has 0 aliphatic rings. The third kappa shape index (κ3) is 4.47. The Morgan fingerprint density at radius 2 is 1.96 bits per heavy atom. The predicted molar refractivity (Wildman–Crippen MR) is 92.7 cm³/mol. The normalized spacial score (nSPS) is 11.7. The number of carbonyl (C=O) groups is 1. The number of halogens is 1. The molecule has 2 N–H and O–H groups in total. The van der Waals surface area contributed by atoms with E-state index in [4.69, 9.17) is 4.74 Å². The largest absolute Gasteiger partial charge is 0.496 e. The third-order valence-electron chi connectivity index (χ3n) is 3.89. The quantitative estimate of drug-likeness (QED) is 0.870. The Bertz CT molecular complexity index is 731. The fraction of sp³-hybridized carbons (Fsp3) is 0.316. The molecular weight excluding hydrogens is 307 g/mol. The van der Waals surface area contributed by atoms with Gasteiger partial charge in [0.1, 0.15) is 11.6 Å². The van der Waals surface area contributed by atoms with Crippen molar-refractivity contribution in [3.63, 3.8) is 0 Å². The van der Waals surface area contributed by atoms with Crippen LogP contribution in [0.1, 0.15) is 35.2 Å². The predicted octanol–water partition coefficient (Wildman–Crippen LogP) is 4.01. The molecule has 5 heteroatoms. The van der Waals surface area contributed by atoms with E-state index in [9.17, 15) is 9.18 Å². The minimum Gasteiger partial charge on any atom is -0.496 e. The molecule has 4 nitrogen and oxygen atoms in total. The molecule has 0 aromatic heterocycles. The Labute approximate surface area is 142 Å². The fourth-order valence-corrected chi connectivity index (χ4v) is 2.45. The molecule has 0 saturated carbocycles. The Kier molecular flexibility index (Phi) is 5.79. The second-order valence-corrected chi connectivity index (χ2v) is 5.88. The van der Waals surface area contributed by atoms with Crippen LogP contribution in [0, 0.1) is 19.7 Å². The molecule has 1 atom stereocenters. The van der Waals surface area contributed by atoms with Gasteiger partial charge in [0.25, 0.3) is 0 Å². The van der Waals surface area contributed by atoms with Gasteiger partial charge in [-0.2, -0.15) is 0 Å². The van der Waals surface area contributed by atoms with Gasteiger partial charge in [0.2, 0.25) is 0 Å². The zero-order valence-corrected chi connectivity index (χ0v) is 14.4. The molecular formula is C19H23FN2O2. The van der Waals surface area contributed by atoms with E-state index >= 15 is 0 Å². The van der Waals surface area contributed by atoms with Gasteiger partial charge < -0.3 is 15.4 Å². The maximum atomic E-state index is 13.5. The summed E-state index contributed by atoms with van der Waals surface area (Å²) in [5.41, 5.74) is 3.31. The Hall–Kier alpha value is -2.56. The van der Waals surface area contributed by atoms with Gasteiger partial charge in [0.15, 0.2) is 0 Å². The average molecular weight is 330 g/mol. The molecule has 1 unspecified atom stereocenters. The Morgan fingerprint density at radius 3 is 2.62 bits per heavy atom. The molecule has 24 heavy (non-hydrogen) atoms. The van der Waals surface area contributed by atoms with Crippen molar-refractivity contribution < 1.29 is 13.9 Å². The number of methoxy groups -OCH3 is 1. The summed E-state index contributed by atoms with van der Waals surface area (Å²) in [5.74, 6) is 0.460. The first-order chi connectivity index (χ1) is 11.4. The molecule has 0 heterocycles. The molecule has 0 fully saturated rings. The summed E-state index contributed by atoms with van der Waals surface area (Å²) in [6.07, 6.45) is 0. The summed E-state index contributed by atoms with van der Waals surface area (Å²) >= 11 is 0. The highest BCUT2D eigenvalue weighted by molar-refractivity contribution is 5.74. The molecule has 0 aliphatic heterocycles. The topological polar surface area (TPSA) is 50.4 Å². The first-order valence-electron chi connectivity index (χ1n) is 7.84. The summed E-state index contributed by atoms with van der Waals surface area (Å²) in [6.45, 7) is 5.85. The highest BCUT2D eigenvalue weighted by Crippen LogP contribution is 2.25. The van der Waals surface area contributed by atoms with Crippen molar-refractivity contribution in [1.29, 1.82) is 0 Å². The van der Waals surface area contributed by atoms with Crippen LogP contribution < -0.4 is 15.4 Å². The first kappa shape index (κ1) is 17.8. The van der Waals surface area contributed by atoms with Crippen molar-refractivity contribution in [2.24, 2.45) is 0 Å². The molecule has 2 aromatic carbocycles. The van der Waals surface area contributed by atoms with Gasteiger partial charge >= 0.3 is 6.03 Å². The molecule has 2 rings (SSSR count). The molecule has 2 amide bonds. The SMILES string of the molecule is COc1ccc(C)cc1C(C)NC(=O)NCc1ccc(C)c(F)c1. The van der Waals surface area contributed by atoms with Crippen LogP contribution in [0.4, 0.5) is 9.18 Å². The van der Waals surface area contributed by atoms with E-state index in [1.54, 1.807) is 26.2 Å². The van der Waals surface area contributed by atoms with Crippen LogP contribution in [-0.4, -0.2) is 13.1 Å². The van der Waals surface area contributed by atoms with E-state index in [1.165, 1.54) is 6.07 Å². The van der Waals surface area contributed by atoms with Crippen molar-refractivity contribution in [2.45, 2.75) is 33.4 Å². The zero-order valence-electron chi connectivity index (χ0n) is 14.4. The van der Waals surface area contributed by atoms with Crippen molar-refractivity contribution in [3.8, 4) is 5.75 Å². The van der Waals surface area contributed by atoms with Crippen LogP contribution in [-0.2, 0) is 6.54 Å². The monoisotopic (exact) mass is 330 g/mol. The minimum absolute atomic E-state index is 0.213. The van der Waals surface area contributed by atoms with Gasteiger partial charge in [-0.25, -0.2) is 9.18 Å². The summed E-state index contributed by atoms with van der Waals surface area (Å²) in [5, 5.41) is 5.61. The lowest BCUT2D eigenvalue weighted by Gasteiger charge is -2.18. The number of hydrogen-bond donors (Lipinski definition) is 2. The second-order valence-electron chi connectivity index (χ2n) is 5.88. The molecule has 2 aromatic rings. The summed E-state index contributed by atoms with van der Waals surface area (Å²) in [4.78, 5) is 12.1. The lowest BCUT2D eigenvalue weighted by Crippen LogP contribution is -2.36. The maximum absolute atomic E-state index is 13.5. The molecule has 0 spiro atoms. The molecule has 0 saturated heterocycles. The van der Waals surface area contributed by atoms with Crippen LogP contribution in [0.25, 0.3) is 0 Å². The van der Waals surface area contributed by atoms with E-state index < -0.39 is 0 Å². The number of rotatable bonds is 5. The number of hydrogen-bond acceptors (Lipinski definition) is 2. The summed E-state index contributed by atoms with van der Waals surface area (Å²) < 4.78 is 18.9.